The standard InChI is InChI=1S/C30H44O4/c1-7-23-19(4)29(33)34-27(23)15-17(2)24-12-13-25-21(9-8-14-30(24,25)6)10-11-22-16-26(31)20(5)28(32)18(22)3/h10-11,17,20,23-28,31-32H,3-4,7-9,12-16H2,1-2,5-6H3/b21-10+,22-11-/t17-,20+,23-,24-,25+,26-,27-,28-,30-/m1/s1. The lowest BCUT2D eigenvalue weighted by Gasteiger charge is -2.45. The van der Waals surface area contributed by atoms with E-state index in [9.17, 15) is 15.0 Å². The normalized spacial score (nSPS) is 43.9. The zero-order chi connectivity index (χ0) is 24.8. The summed E-state index contributed by atoms with van der Waals surface area (Å²) >= 11 is 0. The summed E-state index contributed by atoms with van der Waals surface area (Å²) in [6.07, 6.45) is 11.6. The van der Waals surface area contributed by atoms with Gasteiger partial charge < -0.3 is 14.9 Å². The Morgan fingerprint density at radius 1 is 1.21 bits per heavy atom. The highest BCUT2D eigenvalue weighted by molar-refractivity contribution is 5.90. The van der Waals surface area contributed by atoms with Gasteiger partial charge in [-0.15, -0.1) is 0 Å². The number of allylic oxidation sites excluding steroid dienone is 3. The average molecular weight is 469 g/mol. The summed E-state index contributed by atoms with van der Waals surface area (Å²) in [7, 11) is 0. The van der Waals surface area contributed by atoms with Crippen molar-refractivity contribution in [1.29, 1.82) is 0 Å². The summed E-state index contributed by atoms with van der Waals surface area (Å²) in [6.45, 7) is 16.9. The Balaban J connectivity index is 1.49. The van der Waals surface area contributed by atoms with Crippen molar-refractivity contribution in [3.63, 3.8) is 0 Å². The minimum absolute atomic E-state index is 0.0245. The largest absolute Gasteiger partial charge is 0.458 e. The fourth-order valence-corrected chi connectivity index (χ4v) is 7.78. The maximum atomic E-state index is 12.1. The van der Waals surface area contributed by atoms with E-state index in [-0.39, 0.29) is 29.3 Å². The van der Waals surface area contributed by atoms with Crippen LogP contribution in [0.5, 0.6) is 0 Å². The van der Waals surface area contributed by atoms with Gasteiger partial charge in [0.15, 0.2) is 0 Å². The fourth-order valence-electron chi connectivity index (χ4n) is 7.78. The lowest BCUT2D eigenvalue weighted by Crippen LogP contribution is -2.37. The van der Waals surface area contributed by atoms with Crippen LogP contribution in [0, 0.1) is 35.0 Å². The van der Waals surface area contributed by atoms with Gasteiger partial charge in [0.2, 0.25) is 0 Å². The molecule has 0 aromatic heterocycles. The lowest BCUT2D eigenvalue weighted by atomic mass is 9.60. The number of fused-ring (bicyclic) bond motifs is 1. The molecule has 4 aliphatic rings. The molecule has 1 aliphatic heterocycles. The first-order valence-corrected chi connectivity index (χ1v) is 13.4. The van der Waals surface area contributed by atoms with E-state index in [4.69, 9.17) is 4.74 Å². The highest BCUT2D eigenvalue weighted by Gasteiger charge is 2.51. The first kappa shape index (κ1) is 25.4. The Kier molecular flexibility index (Phi) is 7.32. The highest BCUT2D eigenvalue weighted by atomic mass is 16.6. The number of esters is 1. The van der Waals surface area contributed by atoms with Crippen LogP contribution in [-0.2, 0) is 9.53 Å². The minimum atomic E-state index is -0.672. The van der Waals surface area contributed by atoms with E-state index < -0.39 is 12.2 Å². The predicted molar refractivity (Wildman–Crippen MR) is 136 cm³/mol. The van der Waals surface area contributed by atoms with Crippen molar-refractivity contribution in [2.24, 2.45) is 35.0 Å². The second-order valence-electron chi connectivity index (χ2n) is 11.8. The van der Waals surface area contributed by atoms with Gasteiger partial charge in [-0.05, 0) is 85.7 Å². The van der Waals surface area contributed by atoms with E-state index in [1.54, 1.807) is 0 Å². The number of ether oxygens (including phenoxy) is 1. The van der Waals surface area contributed by atoms with Gasteiger partial charge in [0.1, 0.15) is 6.10 Å². The van der Waals surface area contributed by atoms with Crippen molar-refractivity contribution < 1.29 is 19.7 Å². The predicted octanol–water partition coefficient (Wildman–Crippen LogP) is 5.91. The molecule has 0 radical (unpaired) electrons. The molecular weight excluding hydrogens is 424 g/mol. The third-order valence-corrected chi connectivity index (χ3v) is 9.99. The van der Waals surface area contributed by atoms with E-state index >= 15 is 0 Å². The Labute approximate surface area is 205 Å². The maximum absolute atomic E-state index is 12.1. The molecule has 0 bridgehead atoms. The van der Waals surface area contributed by atoms with E-state index in [1.165, 1.54) is 31.3 Å². The second kappa shape index (κ2) is 9.78. The van der Waals surface area contributed by atoms with Crippen LogP contribution in [0.3, 0.4) is 0 Å². The van der Waals surface area contributed by atoms with Gasteiger partial charge in [0.05, 0.1) is 12.2 Å². The molecular formula is C30H44O4. The fraction of sp³-hybridized carbons (Fsp3) is 0.700. The van der Waals surface area contributed by atoms with Gasteiger partial charge in [-0.25, -0.2) is 4.79 Å². The van der Waals surface area contributed by atoms with Crippen molar-refractivity contribution in [2.75, 3.05) is 0 Å². The molecule has 0 amide bonds. The summed E-state index contributed by atoms with van der Waals surface area (Å²) in [5.74, 6) is 1.47. The quantitative estimate of drug-likeness (QED) is 0.389. The molecule has 34 heavy (non-hydrogen) atoms. The molecule has 3 aliphatic carbocycles. The van der Waals surface area contributed by atoms with Crippen molar-refractivity contribution in [3.8, 4) is 0 Å². The van der Waals surface area contributed by atoms with Gasteiger partial charge in [-0.3, -0.25) is 0 Å². The molecule has 4 fully saturated rings. The topological polar surface area (TPSA) is 66.8 Å². The van der Waals surface area contributed by atoms with Gasteiger partial charge in [-0.1, -0.05) is 58.6 Å². The SMILES string of the molecule is C=C1/C(=C\C=C2/CCC[C@]3(C)[C@@H]([C@H](C)C[C@H]4OC(=O)C(=C)[C@H]4CC)CC[C@@H]23)C[C@@H](O)[C@H](C)[C@@H]1O. The molecule has 0 aromatic rings. The Morgan fingerprint density at radius 2 is 1.94 bits per heavy atom. The van der Waals surface area contributed by atoms with Crippen LogP contribution in [0.1, 0.15) is 79.1 Å². The Bertz CT molecular complexity index is 897. The molecule has 0 unspecified atom stereocenters. The van der Waals surface area contributed by atoms with E-state index in [0.29, 0.717) is 29.7 Å². The Morgan fingerprint density at radius 3 is 2.65 bits per heavy atom. The van der Waals surface area contributed by atoms with Crippen LogP contribution in [0.15, 0.2) is 47.6 Å². The maximum Gasteiger partial charge on any atom is 0.334 e. The molecule has 4 heteroatoms. The van der Waals surface area contributed by atoms with Crippen molar-refractivity contribution in [3.05, 3.63) is 47.6 Å². The van der Waals surface area contributed by atoms with Gasteiger partial charge in [0, 0.05) is 17.4 Å². The van der Waals surface area contributed by atoms with Gasteiger partial charge in [-0.2, -0.15) is 0 Å². The van der Waals surface area contributed by atoms with E-state index in [2.05, 4.69) is 46.1 Å². The number of aliphatic hydroxyl groups excluding tert-OH is 2. The van der Waals surface area contributed by atoms with Crippen LogP contribution in [-0.4, -0.2) is 34.5 Å². The molecule has 2 N–H and O–H groups in total. The molecule has 4 rings (SSSR count). The molecule has 4 nitrogen and oxygen atoms in total. The third kappa shape index (κ3) is 4.37. The monoisotopic (exact) mass is 468 g/mol. The first-order valence-electron chi connectivity index (χ1n) is 13.4. The zero-order valence-electron chi connectivity index (χ0n) is 21.6. The van der Waals surface area contributed by atoms with Crippen LogP contribution in [0.4, 0.5) is 0 Å². The average Bonchev–Trinajstić information content (AvgIpc) is 3.29. The zero-order valence-corrected chi connectivity index (χ0v) is 21.6. The number of carbonyl (C=O) groups is 1. The number of carbonyl (C=O) groups excluding carboxylic acids is 1. The number of rotatable bonds is 5. The van der Waals surface area contributed by atoms with Crippen molar-refractivity contribution >= 4 is 5.97 Å². The minimum Gasteiger partial charge on any atom is -0.458 e. The molecule has 9 atom stereocenters. The molecule has 1 heterocycles. The van der Waals surface area contributed by atoms with Crippen LogP contribution in [0.2, 0.25) is 0 Å². The first-order chi connectivity index (χ1) is 16.1. The molecule has 1 saturated heterocycles. The summed E-state index contributed by atoms with van der Waals surface area (Å²) in [5, 5.41) is 20.8. The molecule has 0 spiro atoms. The van der Waals surface area contributed by atoms with Crippen molar-refractivity contribution in [1.82, 2.24) is 0 Å². The summed E-state index contributed by atoms with van der Waals surface area (Å²) in [4.78, 5) is 12.1. The summed E-state index contributed by atoms with van der Waals surface area (Å²) in [6, 6.07) is 0. The number of hydrogen-bond donors (Lipinski definition) is 2. The number of aliphatic hydroxyl groups is 2. The van der Waals surface area contributed by atoms with Crippen molar-refractivity contribution in [2.45, 2.75) is 97.4 Å². The Hall–Kier alpha value is -1.65. The third-order valence-electron chi connectivity index (χ3n) is 9.99. The molecule has 0 aromatic carbocycles. The number of cyclic esters (lactones) is 1. The summed E-state index contributed by atoms with van der Waals surface area (Å²) in [5.41, 5.74) is 4.16. The van der Waals surface area contributed by atoms with Gasteiger partial charge >= 0.3 is 5.97 Å². The molecule has 188 valence electrons. The highest BCUT2D eigenvalue weighted by Crippen LogP contribution is 2.60. The second-order valence-corrected chi connectivity index (χ2v) is 11.8. The van der Waals surface area contributed by atoms with Crippen LogP contribution < -0.4 is 0 Å². The summed E-state index contributed by atoms with van der Waals surface area (Å²) < 4.78 is 5.73. The van der Waals surface area contributed by atoms with E-state index in [1.807, 2.05) is 6.92 Å². The van der Waals surface area contributed by atoms with E-state index in [0.717, 1.165) is 30.4 Å². The van der Waals surface area contributed by atoms with Crippen LogP contribution in [0.25, 0.3) is 0 Å². The molecule has 3 saturated carbocycles. The smallest absolute Gasteiger partial charge is 0.334 e. The van der Waals surface area contributed by atoms with Crippen LogP contribution >= 0.6 is 0 Å². The lowest BCUT2D eigenvalue weighted by molar-refractivity contribution is -0.140. The van der Waals surface area contributed by atoms with Gasteiger partial charge in [0.25, 0.3) is 0 Å². The number of hydrogen-bond acceptors (Lipinski definition) is 4.